The van der Waals surface area contributed by atoms with Crippen molar-refractivity contribution in [3.05, 3.63) is 11.6 Å². The first-order valence-electron chi connectivity index (χ1n) is 6.48. The minimum atomic E-state index is 0. The summed E-state index contributed by atoms with van der Waals surface area (Å²) in [5.41, 5.74) is 7.51. The maximum Gasteiger partial charge on any atom is 0.191 e. The van der Waals surface area contributed by atoms with E-state index in [1.807, 2.05) is 0 Å². The van der Waals surface area contributed by atoms with Crippen molar-refractivity contribution in [3.8, 4) is 0 Å². The van der Waals surface area contributed by atoms with E-state index in [4.69, 9.17) is 5.73 Å². The Bertz CT molecular complexity index is 295. The molecule has 0 aromatic rings. The van der Waals surface area contributed by atoms with Crippen molar-refractivity contribution in [1.82, 2.24) is 4.90 Å². The van der Waals surface area contributed by atoms with Crippen LogP contribution in [0.4, 0.5) is 0 Å². The summed E-state index contributed by atoms with van der Waals surface area (Å²) < 4.78 is 0. The van der Waals surface area contributed by atoms with Crippen molar-refractivity contribution in [2.24, 2.45) is 10.7 Å². The second-order valence-electron chi connectivity index (χ2n) is 4.94. The highest BCUT2D eigenvalue weighted by Gasteiger charge is 2.27. The molecule has 0 aromatic heterocycles. The van der Waals surface area contributed by atoms with Gasteiger partial charge >= 0.3 is 0 Å². The van der Waals surface area contributed by atoms with E-state index in [1.54, 1.807) is 5.57 Å². The summed E-state index contributed by atoms with van der Waals surface area (Å²) in [4.78, 5) is 6.58. The summed E-state index contributed by atoms with van der Waals surface area (Å²) in [7, 11) is 2.05. The minimum Gasteiger partial charge on any atom is -0.370 e. The molecule has 0 unspecified atom stereocenters. The molecule has 0 heterocycles. The Hall–Kier alpha value is -0.260. The molecule has 0 bridgehead atoms. The second kappa shape index (κ2) is 7.24. The average Bonchev–Trinajstić information content (AvgIpc) is 3.13. The van der Waals surface area contributed by atoms with Gasteiger partial charge in [-0.15, -0.1) is 24.0 Å². The lowest BCUT2D eigenvalue weighted by molar-refractivity contribution is 0.487. The molecule has 1 saturated carbocycles. The Morgan fingerprint density at radius 2 is 2.24 bits per heavy atom. The lowest BCUT2D eigenvalue weighted by atomic mass is 9.97. The van der Waals surface area contributed by atoms with Gasteiger partial charge in [0.15, 0.2) is 5.96 Å². The maximum absolute atomic E-state index is 5.93. The van der Waals surface area contributed by atoms with E-state index < -0.39 is 0 Å². The molecule has 17 heavy (non-hydrogen) atoms. The molecule has 0 radical (unpaired) electrons. The van der Waals surface area contributed by atoms with Crippen LogP contribution >= 0.6 is 24.0 Å². The van der Waals surface area contributed by atoms with Gasteiger partial charge in [-0.1, -0.05) is 11.6 Å². The molecule has 0 saturated heterocycles. The molecule has 98 valence electrons. The molecule has 0 amide bonds. The highest BCUT2D eigenvalue weighted by molar-refractivity contribution is 14.0. The predicted molar refractivity (Wildman–Crippen MR) is 83.9 cm³/mol. The zero-order chi connectivity index (χ0) is 11.4. The molecule has 0 aliphatic heterocycles. The number of hydrogen-bond donors (Lipinski definition) is 1. The fourth-order valence-corrected chi connectivity index (χ4v) is 2.21. The summed E-state index contributed by atoms with van der Waals surface area (Å²) >= 11 is 0. The van der Waals surface area contributed by atoms with Crippen LogP contribution in [0.2, 0.25) is 0 Å². The van der Waals surface area contributed by atoms with Crippen molar-refractivity contribution in [2.75, 3.05) is 13.6 Å². The molecule has 0 spiro atoms. The maximum atomic E-state index is 5.93. The van der Waals surface area contributed by atoms with Gasteiger partial charge in [-0.3, -0.25) is 4.99 Å². The van der Waals surface area contributed by atoms with Crippen molar-refractivity contribution in [3.63, 3.8) is 0 Å². The molecule has 4 heteroatoms. The monoisotopic (exact) mass is 349 g/mol. The first kappa shape index (κ1) is 14.8. The van der Waals surface area contributed by atoms with E-state index >= 15 is 0 Å². The van der Waals surface area contributed by atoms with Crippen molar-refractivity contribution in [1.29, 1.82) is 0 Å². The third-order valence-corrected chi connectivity index (χ3v) is 3.55. The second-order valence-corrected chi connectivity index (χ2v) is 4.94. The SMILES string of the molecule is CN(C(N)=NCCC1=CCCCC1)C1CC1.I. The van der Waals surface area contributed by atoms with E-state index in [9.17, 15) is 0 Å². The number of nitrogens with zero attached hydrogens (tertiary/aromatic N) is 2. The van der Waals surface area contributed by atoms with Gasteiger partial charge in [-0.2, -0.15) is 0 Å². The van der Waals surface area contributed by atoms with E-state index in [0.717, 1.165) is 18.9 Å². The standard InChI is InChI=1S/C13H23N3.HI/c1-16(12-7-8-12)13(14)15-10-9-11-5-3-2-4-6-11;/h5,12H,2-4,6-10H2,1H3,(H2,14,15);1H. The third-order valence-electron chi connectivity index (χ3n) is 3.55. The summed E-state index contributed by atoms with van der Waals surface area (Å²) in [5, 5.41) is 0. The summed E-state index contributed by atoms with van der Waals surface area (Å²) in [6.07, 6.45) is 11.3. The number of allylic oxidation sites excluding steroid dienone is 1. The summed E-state index contributed by atoms with van der Waals surface area (Å²) in [5.74, 6) is 0.721. The summed E-state index contributed by atoms with van der Waals surface area (Å²) in [6.45, 7) is 0.856. The van der Waals surface area contributed by atoms with Gasteiger partial charge in [0.05, 0.1) is 0 Å². The largest absolute Gasteiger partial charge is 0.370 e. The molecule has 2 N–H and O–H groups in total. The molecule has 2 aliphatic rings. The highest BCUT2D eigenvalue weighted by Crippen LogP contribution is 2.25. The first-order valence-corrected chi connectivity index (χ1v) is 6.48. The fourth-order valence-electron chi connectivity index (χ4n) is 2.21. The number of halogens is 1. The van der Waals surface area contributed by atoms with Crippen LogP contribution in [0, 0.1) is 0 Å². The zero-order valence-electron chi connectivity index (χ0n) is 10.7. The van der Waals surface area contributed by atoms with Crippen molar-refractivity contribution < 1.29 is 0 Å². The number of guanidine groups is 1. The van der Waals surface area contributed by atoms with E-state index in [-0.39, 0.29) is 24.0 Å². The Morgan fingerprint density at radius 1 is 1.47 bits per heavy atom. The van der Waals surface area contributed by atoms with E-state index in [1.165, 1.54) is 38.5 Å². The van der Waals surface area contributed by atoms with Crippen LogP contribution in [0.25, 0.3) is 0 Å². The van der Waals surface area contributed by atoms with E-state index in [0.29, 0.717) is 6.04 Å². The molecular formula is C13H24IN3. The molecule has 2 rings (SSSR count). The van der Waals surface area contributed by atoms with Crippen LogP contribution < -0.4 is 5.73 Å². The van der Waals surface area contributed by atoms with Crippen molar-refractivity contribution in [2.45, 2.75) is 51.0 Å². The van der Waals surface area contributed by atoms with Crippen LogP contribution in [0.1, 0.15) is 44.9 Å². The van der Waals surface area contributed by atoms with Gasteiger partial charge in [-0.25, -0.2) is 0 Å². The molecule has 2 aliphatic carbocycles. The summed E-state index contributed by atoms with van der Waals surface area (Å²) in [6, 6.07) is 0.664. The first-order chi connectivity index (χ1) is 7.77. The topological polar surface area (TPSA) is 41.6 Å². The van der Waals surface area contributed by atoms with Gasteiger partial charge < -0.3 is 10.6 Å². The van der Waals surface area contributed by atoms with Gasteiger partial charge in [-0.05, 0) is 44.9 Å². The fraction of sp³-hybridized carbons (Fsp3) is 0.769. The molecule has 1 fully saturated rings. The molecule has 3 nitrogen and oxygen atoms in total. The van der Waals surface area contributed by atoms with Crippen LogP contribution in [-0.2, 0) is 0 Å². The van der Waals surface area contributed by atoms with Gasteiger partial charge in [0.1, 0.15) is 0 Å². The van der Waals surface area contributed by atoms with Crippen LogP contribution in [-0.4, -0.2) is 30.5 Å². The minimum absolute atomic E-state index is 0. The van der Waals surface area contributed by atoms with Crippen LogP contribution in [0.5, 0.6) is 0 Å². The smallest absolute Gasteiger partial charge is 0.191 e. The number of rotatable bonds is 4. The predicted octanol–water partition coefficient (Wildman–Crippen LogP) is 2.90. The lowest BCUT2D eigenvalue weighted by Gasteiger charge is -2.17. The number of aliphatic imine (C=N–C) groups is 1. The van der Waals surface area contributed by atoms with Crippen LogP contribution in [0.3, 0.4) is 0 Å². The Balaban J connectivity index is 0.00000144. The zero-order valence-corrected chi connectivity index (χ0v) is 13.0. The molecule has 0 atom stereocenters. The highest BCUT2D eigenvalue weighted by atomic mass is 127. The Morgan fingerprint density at radius 3 is 2.82 bits per heavy atom. The Labute approximate surface area is 122 Å². The van der Waals surface area contributed by atoms with Crippen molar-refractivity contribution >= 4 is 29.9 Å². The van der Waals surface area contributed by atoms with Crippen LogP contribution in [0.15, 0.2) is 16.6 Å². The quantitative estimate of drug-likeness (QED) is 0.367. The number of hydrogen-bond acceptors (Lipinski definition) is 1. The van der Waals surface area contributed by atoms with E-state index in [2.05, 4.69) is 23.0 Å². The molecular weight excluding hydrogens is 325 g/mol. The third kappa shape index (κ3) is 4.85. The Kier molecular flexibility index (Phi) is 6.30. The normalized spacial score (nSPS) is 20.5. The van der Waals surface area contributed by atoms with Gasteiger partial charge in [0.2, 0.25) is 0 Å². The molecule has 0 aromatic carbocycles. The number of nitrogens with two attached hydrogens (primary N) is 1. The van der Waals surface area contributed by atoms with Gasteiger partial charge in [0, 0.05) is 19.6 Å². The average molecular weight is 349 g/mol. The lowest BCUT2D eigenvalue weighted by Crippen LogP contribution is -2.35. The van der Waals surface area contributed by atoms with Gasteiger partial charge in [0.25, 0.3) is 0 Å².